The van der Waals surface area contributed by atoms with Gasteiger partial charge < -0.3 is 9.32 Å². The molecular weight excluding hydrogens is 783 g/mol. The van der Waals surface area contributed by atoms with Gasteiger partial charge in [0.05, 0.1) is 5.69 Å². The summed E-state index contributed by atoms with van der Waals surface area (Å²) < 4.78 is 8.93. The van der Waals surface area contributed by atoms with Crippen LogP contribution in [0.25, 0.3) is 97.7 Å². The molecule has 0 saturated carbocycles. The van der Waals surface area contributed by atoms with Gasteiger partial charge in [-0.2, -0.15) is 0 Å². The Hall–Kier alpha value is -7.98. The standard InChI is InChI=1S/C60H39NOS/c1-3-15-40(16-4-1)42-19-11-22-47(35-42)60-50(46-32-34-57-54(38-46)51-25-7-9-29-56(51)62-57)27-14-28-55(60)61(48-23-12-20-43(36-48)41-17-5-2-6-18-41)49-24-13-21-44(37-49)45-31-33-53-52-26-8-10-30-58(52)63-59(53)39-45/h1-39H. The van der Waals surface area contributed by atoms with Crippen molar-refractivity contribution in [2.75, 3.05) is 4.90 Å². The molecule has 0 spiro atoms. The Morgan fingerprint density at radius 3 is 1.60 bits per heavy atom. The van der Waals surface area contributed by atoms with E-state index in [0.29, 0.717) is 0 Å². The number of para-hydroxylation sites is 1. The van der Waals surface area contributed by atoms with Crippen LogP contribution in [0.4, 0.5) is 17.1 Å². The van der Waals surface area contributed by atoms with Crippen LogP contribution in [-0.4, -0.2) is 0 Å². The molecule has 2 nitrogen and oxygen atoms in total. The first-order chi connectivity index (χ1) is 31.2. The first kappa shape index (κ1) is 36.8. The van der Waals surface area contributed by atoms with Gasteiger partial charge in [0, 0.05) is 47.9 Å². The summed E-state index contributed by atoms with van der Waals surface area (Å²) in [6.45, 7) is 0. The molecule has 63 heavy (non-hydrogen) atoms. The van der Waals surface area contributed by atoms with Gasteiger partial charge in [0.2, 0.25) is 0 Å². The Morgan fingerprint density at radius 2 is 0.841 bits per heavy atom. The van der Waals surface area contributed by atoms with Gasteiger partial charge in [-0.3, -0.25) is 0 Å². The van der Waals surface area contributed by atoms with Gasteiger partial charge in [-0.15, -0.1) is 11.3 Å². The molecule has 0 N–H and O–H groups in total. The predicted octanol–water partition coefficient (Wildman–Crippen LogP) is 17.8. The van der Waals surface area contributed by atoms with Gasteiger partial charge in [0.1, 0.15) is 11.2 Å². The minimum Gasteiger partial charge on any atom is -0.456 e. The van der Waals surface area contributed by atoms with Crippen LogP contribution in [0, 0.1) is 0 Å². The molecule has 296 valence electrons. The van der Waals surface area contributed by atoms with Gasteiger partial charge in [0.25, 0.3) is 0 Å². The SMILES string of the molecule is c1ccc(-c2cccc(-c3c(-c4ccc5oc6ccccc6c5c4)cccc3N(c3cccc(-c4ccccc4)c3)c3cccc(-c4ccc5c(c4)sc4ccccc45)c3)c2)cc1. The summed E-state index contributed by atoms with van der Waals surface area (Å²) in [5.41, 5.74) is 16.6. The van der Waals surface area contributed by atoms with Crippen molar-refractivity contribution < 1.29 is 4.42 Å². The smallest absolute Gasteiger partial charge is 0.135 e. The zero-order valence-corrected chi connectivity index (χ0v) is 35.1. The average molecular weight is 822 g/mol. The summed E-state index contributed by atoms with van der Waals surface area (Å²) in [6, 6.07) is 85.7. The van der Waals surface area contributed by atoms with E-state index in [1.807, 2.05) is 23.5 Å². The molecule has 0 fully saturated rings. The maximum atomic E-state index is 6.33. The number of furan rings is 1. The van der Waals surface area contributed by atoms with Crippen molar-refractivity contribution in [3.05, 3.63) is 237 Å². The molecule has 0 aliphatic heterocycles. The summed E-state index contributed by atoms with van der Waals surface area (Å²) in [5, 5.41) is 4.83. The second-order valence-corrected chi connectivity index (χ2v) is 17.2. The number of hydrogen-bond acceptors (Lipinski definition) is 3. The number of benzene rings is 10. The van der Waals surface area contributed by atoms with E-state index < -0.39 is 0 Å². The van der Waals surface area contributed by atoms with E-state index in [2.05, 4.69) is 229 Å². The summed E-state index contributed by atoms with van der Waals surface area (Å²) in [4.78, 5) is 2.45. The Morgan fingerprint density at radius 1 is 0.302 bits per heavy atom. The molecule has 0 aliphatic carbocycles. The maximum Gasteiger partial charge on any atom is 0.135 e. The van der Waals surface area contributed by atoms with Crippen molar-refractivity contribution in [2.45, 2.75) is 0 Å². The van der Waals surface area contributed by atoms with E-state index in [0.717, 1.165) is 72.4 Å². The van der Waals surface area contributed by atoms with Gasteiger partial charge >= 0.3 is 0 Å². The molecule has 0 atom stereocenters. The first-order valence-corrected chi connectivity index (χ1v) is 22.2. The van der Waals surface area contributed by atoms with E-state index >= 15 is 0 Å². The number of anilines is 3. The van der Waals surface area contributed by atoms with Crippen LogP contribution in [0.15, 0.2) is 241 Å². The fourth-order valence-corrected chi connectivity index (χ4v) is 10.4. The van der Waals surface area contributed by atoms with Crippen molar-refractivity contribution in [1.29, 1.82) is 0 Å². The lowest BCUT2D eigenvalue weighted by molar-refractivity contribution is 0.669. The molecular formula is C60H39NOS. The monoisotopic (exact) mass is 821 g/mol. The summed E-state index contributed by atoms with van der Waals surface area (Å²) in [7, 11) is 0. The van der Waals surface area contributed by atoms with E-state index in [1.54, 1.807) is 0 Å². The molecule has 2 heterocycles. The van der Waals surface area contributed by atoms with E-state index in [1.165, 1.54) is 42.4 Å². The van der Waals surface area contributed by atoms with Gasteiger partial charge in [-0.1, -0.05) is 170 Å². The fourth-order valence-electron chi connectivity index (χ4n) is 9.26. The molecule has 0 aliphatic rings. The van der Waals surface area contributed by atoms with Crippen LogP contribution in [0.3, 0.4) is 0 Å². The van der Waals surface area contributed by atoms with Crippen molar-refractivity contribution in [1.82, 2.24) is 0 Å². The molecule has 0 saturated heterocycles. The third-order valence-electron chi connectivity index (χ3n) is 12.3. The van der Waals surface area contributed by atoms with Crippen molar-refractivity contribution in [3.63, 3.8) is 0 Å². The fraction of sp³-hybridized carbons (Fsp3) is 0. The average Bonchev–Trinajstić information content (AvgIpc) is 3.92. The highest BCUT2D eigenvalue weighted by atomic mass is 32.1. The molecule has 3 heteroatoms. The van der Waals surface area contributed by atoms with E-state index in [9.17, 15) is 0 Å². The minimum absolute atomic E-state index is 0.883. The summed E-state index contributed by atoms with van der Waals surface area (Å²) in [6.07, 6.45) is 0. The zero-order valence-electron chi connectivity index (χ0n) is 34.3. The molecule has 10 aromatic carbocycles. The molecule has 0 radical (unpaired) electrons. The molecule has 2 aromatic heterocycles. The number of fused-ring (bicyclic) bond motifs is 6. The second-order valence-electron chi connectivity index (χ2n) is 16.1. The van der Waals surface area contributed by atoms with Gasteiger partial charge in [-0.05, 0) is 117 Å². The second kappa shape index (κ2) is 15.5. The van der Waals surface area contributed by atoms with Crippen LogP contribution in [-0.2, 0) is 0 Å². The third-order valence-corrected chi connectivity index (χ3v) is 13.4. The Kier molecular flexibility index (Phi) is 9.06. The van der Waals surface area contributed by atoms with Crippen LogP contribution < -0.4 is 4.90 Å². The molecule has 12 rings (SSSR count). The quantitative estimate of drug-likeness (QED) is 0.152. The van der Waals surface area contributed by atoms with Crippen LogP contribution in [0.1, 0.15) is 0 Å². The zero-order chi connectivity index (χ0) is 41.7. The highest BCUT2D eigenvalue weighted by molar-refractivity contribution is 7.25. The maximum absolute atomic E-state index is 6.33. The van der Waals surface area contributed by atoms with Gasteiger partial charge in [0.15, 0.2) is 0 Å². The number of hydrogen-bond donors (Lipinski definition) is 0. The summed E-state index contributed by atoms with van der Waals surface area (Å²) >= 11 is 1.86. The molecule has 0 bridgehead atoms. The van der Waals surface area contributed by atoms with E-state index in [4.69, 9.17) is 4.42 Å². The van der Waals surface area contributed by atoms with Crippen LogP contribution >= 0.6 is 11.3 Å². The van der Waals surface area contributed by atoms with Crippen molar-refractivity contribution >= 4 is 70.5 Å². The molecule has 12 aromatic rings. The van der Waals surface area contributed by atoms with Gasteiger partial charge in [-0.25, -0.2) is 0 Å². The molecule has 0 amide bonds. The first-order valence-electron chi connectivity index (χ1n) is 21.4. The highest BCUT2D eigenvalue weighted by Crippen LogP contribution is 2.48. The third kappa shape index (κ3) is 6.67. The topological polar surface area (TPSA) is 16.4 Å². The Balaban J connectivity index is 1.10. The number of rotatable bonds is 8. The van der Waals surface area contributed by atoms with Crippen LogP contribution in [0.5, 0.6) is 0 Å². The number of nitrogens with zero attached hydrogens (tertiary/aromatic N) is 1. The normalized spacial score (nSPS) is 11.5. The largest absolute Gasteiger partial charge is 0.456 e. The van der Waals surface area contributed by atoms with E-state index in [-0.39, 0.29) is 0 Å². The minimum atomic E-state index is 0.883. The van der Waals surface area contributed by atoms with Crippen LogP contribution in [0.2, 0.25) is 0 Å². The summed E-state index contributed by atoms with van der Waals surface area (Å²) in [5.74, 6) is 0. The lowest BCUT2D eigenvalue weighted by atomic mass is 9.89. The highest BCUT2D eigenvalue weighted by Gasteiger charge is 2.23. The number of thiophene rings is 1. The predicted molar refractivity (Wildman–Crippen MR) is 268 cm³/mol. The van der Waals surface area contributed by atoms with Crippen molar-refractivity contribution in [3.8, 4) is 55.6 Å². The lowest BCUT2D eigenvalue weighted by Gasteiger charge is -2.30. The lowest BCUT2D eigenvalue weighted by Crippen LogP contribution is -2.12. The Labute approximate surface area is 370 Å². The Bertz CT molecular complexity index is 3640. The molecule has 0 unspecified atom stereocenters. The van der Waals surface area contributed by atoms with Crippen molar-refractivity contribution in [2.24, 2.45) is 0 Å².